The summed E-state index contributed by atoms with van der Waals surface area (Å²) in [5.41, 5.74) is 2.02. The summed E-state index contributed by atoms with van der Waals surface area (Å²) in [6.07, 6.45) is 5.27. The zero-order chi connectivity index (χ0) is 20.6. The maximum Gasteiger partial charge on any atom is 0.236 e. The van der Waals surface area contributed by atoms with Crippen LogP contribution in [0.1, 0.15) is 18.4 Å². The number of hydrogen-bond acceptors (Lipinski definition) is 5. The number of fused-ring (bicyclic) bond motifs is 1. The van der Waals surface area contributed by atoms with Crippen molar-refractivity contribution in [1.29, 1.82) is 0 Å². The molecule has 0 spiro atoms. The number of likely N-dealkylation sites (tertiary alicyclic amines) is 1. The first kappa shape index (κ1) is 19.7. The molecule has 0 saturated carbocycles. The second-order valence-corrected chi connectivity index (χ2v) is 9.59. The number of likely N-dealkylation sites (N-methyl/N-ethyl adjacent to an activating group) is 1. The van der Waals surface area contributed by atoms with E-state index in [0.717, 1.165) is 12.8 Å². The van der Waals surface area contributed by atoms with Crippen molar-refractivity contribution in [3.8, 4) is 0 Å². The third-order valence-corrected chi connectivity index (χ3v) is 6.93. The van der Waals surface area contributed by atoms with Gasteiger partial charge < -0.3 is 19.7 Å². The molecule has 154 valence electrons. The van der Waals surface area contributed by atoms with Crippen LogP contribution in [0.2, 0.25) is 0 Å². The quantitative estimate of drug-likeness (QED) is 0.811. The van der Waals surface area contributed by atoms with E-state index in [9.17, 15) is 13.2 Å². The van der Waals surface area contributed by atoms with Crippen molar-refractivity contribution in [1.82, 2.24) is 14.4 Å². The standard InChI is InChI=1S/C21H26N4O3S/c1-23(2)14-20(26)25-12-8-16(9-13-25)22-18-7-5-6-17-19(24-10-3-4-11-24)15-29(27,28)21(17)18/h3-7,10-11,15-16,22H,8-9,12-14H2,1-2H3. The van der Waals surface area contributed by atoms with Crippen LogP contribution in [0.25, 0.3) is 5.70 Å². The number of aromatic nitrogens is 1. The first-order valence-corrected chi connectivity index (χ1v) is 11.3. The van der Waals surface area contributed by atoms with E-state index in [1.807, 2.05) is 71.2 Å². The van der Waals surface area contributed by atoms with Gasteiger partial charge in [-0.3, -0.25) is 4.79 Å². The molecule has 7 nitrogen and oxygen atoms in total. The molecule has 2 aliphatic rings. The number of carbonyl (C=O) groups is 1. The highest BCUT2D eigenvalue weighted by Gasteiger charge is 2.32. The van der Waals surface area contributed by atoms with Gasteiger partial charge in [0.05, 0.1) is 23.3 Å². The lowest BCUT2D eigenvalue weighted by molar-refractivity contribution is -0.132. The Morgan fingerprint density at radius 3 is 2.48 bits per heavy atom. The highest BCUT2D eigenvalue weighted by atomic mass is 32.2. The molecular formula is C21H26N4O3S. The fourth-order valence-corrected chi connectivity index (χ4v) is 5.56. The number of rotatable bonds is 5. The molecule has 1 fully saturated rings. The first-order chi connectivity index (χ1) is 13.8. The monoisotopic (exact) mass is 414 g/mol. The molecule has 4 rings (SSSR count). The number of piperidine rings is 1. The van der Waals surface area contributed by atoms with Gasteiger partial charge in [0.1, 0.15) is 4.90 Å². The first-order valence-electron chi connectivity index (χ1n) is 9.78. The number of amides is 1. The third-order valence-electron chi connectivity index (χ3n) is 5.38. The lowest BCUT2D eigenvalue weighted by atomic mass is 10.0. The number of anilines is 1. The smallest absolute Gasteiger partial charge is 0.236 e. The Balaban J connectivity index is 1.51. The molecule has 8 heteroatoms. The molecule has 1 aromatic carbocycles. The van der Waals surface area contributed by atoms with Gasteiger partial charge in [-0.25, -0.2) is 8.42 Å². The number of benzene rings is 1. The zero-order valence-corrected chi connectivity index (χ0v) is 17.5. The van der Waals surface area contributed by atoms with Gasteiger partial charge in [0, 0.05) is 37.1 Å². The minimum absolute atomic E-state index is 0.135. The Bertz CT molecular complexity index is 1030. The van der Waals surface area contributed by atoms with Crippen molar-refractivity contribution in [2.24, 2.45) is 0 Å². The van der Waals surface area contributed by atoms with E-state index in [-0.39, 0.29) is 11.9 Å². The van der Waals surface area contributed by atoms with Crippen molar-refractivity contribution in [2.75, 3.05) is 39.0 Å². The molecular weight excluding hydrogens is 388 g/mol. The van der Waals surface area contributed by atoms with E-state index >= 15 is 0 Å². The van der Waals surface area contributed by atoms with Gasteiger partial charge in [0.2, 0.25) is 15.7 Å². The minimum Gasteiger partial charge on any atom is -0.381 e. The third kappa shape index (κ3) is 3.95. The van der Waals surface area contributed by atoms with Gasteiger partial charge in [0.25, 0.3) is 0 Å². The van der Waals surface area contributed by atoms with Crippen molar-refractivity contribution in [2.45, 2.75) is 23.8 Å². The molecule has 1 amide bonds. The van der Waals surface area contributed by atoms with Crippen molar-refractivity contribution < 1.29 is 13.2 Å². The predicted molar refractivity (Wildman–Crippen MR) is 113 cm³/mol. The van der Waals surface area contributed by atoms with E-state index < -0.39 is 9.84 Å². The molecule has 3 heterocycles. The minimum atomic E-state index is -3.52. The summed E-state index contributed by atoms with van der Waals surface area (Å²) in [4.78, 5) is 16.3. The van der Waals surface area contributed by atoms with E-state index in [0.29, 0.717) is 41.5 Å². The SMILES string of the molecule is CN(C)CC(=O)N1CCC(Nc2cccc3c2S(=O)(=O)C=C3n2cccc2)CC1. The Labute approximate surface area is 171 Å². The summed E-state index contributed by atoms with van der Waals surface area (Å²) in [5.74, 6) is 0.136. The summed E-state index contributed by atoms with van der Waals surface area (Å²) in [5, 5.41) is 4.77. The summed E-state index contributed by atoms with van der Waals surface area (Å²) in [6.45, 7) is 1.77. The van der Waals surface area contributed by atoms with E-state index in [4.69, 9.17) is 0 Å². The molecule has 1 saturated heterocycles. The van der Waals surface area contributed by atoms with Gasteiger partial charge in [-0.1, -0.05) is 12.1 Å². The molecule has 29 heavy (non-hydrogen) atoms. The van der Waals surface area contributed by atoms with Crippen molar-refractivity contribution in [3.63, 3.8) is 0 Å². The topological polar surface area (TPSA) is 74.7 Å². The number of sulfone groups is 1. The van der Waals surface area contributed by atoms with Gasteiger partial charge in [-0.15, -0.1) is 0 Å². The summed E-state index contributed by atoms with van der Waals surface area (Å²) in [6, 6.07) is 9.44. The Kier molecular flexibility index (Phi) is 5.23. The molecule has 0 atom stereocenters. The Morgan fingerprint density at radius 2 is 1.83 bits per heavy atom. The lowest BCUT2D eigenvalue weighted by Gasteiger charge is -2.33. The van der Waals surface area contributed by atoms with Crippen LogP contribution in [0.3, 0.4) is 0 Å². The second-order valence-electron chi connectivity index (χ2n) is 7.86. The maximum atomic E-state index is 12.9. The number of hydrogen-bond donors (Lipinski definition) is 1. The van der Waals surface area contributed by atoms with Crippen LogP contribution in [0.15, 0.2) is 53.0 Å². The maximum absolute atomic E-state index is 12.9. The number of nitrogens with zero attached hydrogens (tertiary/aromatic N) is 3. The summed E-state index contributed by atoms with van der Waals surface area (Å²) >= 11 is 0. The van der Waals surface area contributed by atoms with Crippen LogP contribution in [0, 0.1) is 0 Å². The van der Waals surface area contributed by atoms with E-state index in [1.54, 1.807) is 0 Å². The average Bonchev–Trinajstić information content (AvgIpc) is 3.28. The van der Waals surface area contributed by atoms with Gasteiger partial charge in [-0.05, 0) is 45.1 Å². The molecule has 0 bridgehead atoms. The number of nitrogens with one attached hydrogen (secondary N) is 1. The second kappa shape index (κ2) is 7.68. The van der Waals surface area contributed by atoms with Crippen molar-refractivity contribution >= 4 is 27.1 Å². The van der Waals surface area contributed by atoms with Crippen LogP contribution < -0.4 is 5.32 Å². The normalized spacial score (nSPS) is 18.6. The highest BCUT2D eigenvalue weighted by molar-refractivity contribution is 7.95. The fraction of sp³-hybridized carbons (Fsp3) is 0.381. The van der Waals surface area contributed by atoms with Gasteiger partial charge in [-0.2, -0.15) is 0 Å². The van der Waals surface area contributed by atoms with Crippen LogP contribution in [-0.2, 0) is 14.6 Å². The predicted octanol–water partition coefficient (Wildman–Crippen LogP) is 2.09. The summed E-state index contributed by atoms with van der Waals surface area (Å²) < 4.78 is 27.6. The molecule has 2 aliphatic heterocycles. The molecule has 0 aliphatic carbocycles. The lowest BCUT2D eigenvalue weighted by Crippen LogP contribution is -2.45. The van der Waals surface area contributed by atoms with Crippen LogP contribution >= 0.6 is 0 Å². The molecule has 1 aromatic heterocycles. The average molecular weight is 415 g/mol. The Morgan fingerprint density at radius 1 is 1.14 bits per heavy atom. The Hall–Kier alpha value is -2.58. The number of carbonyl (C=O) groups excluding carboxylic acids is 1. The zero-order valence-electron chi connectivity index (χ0n) is 16.7. The fourth-order valence-electron chi connectivity index (χ4n) is 3.99. The molecule has 1 N–H and O–H groups in total. The van der Waals surface area contributed by atoms with Gasteiger partial charge >= 0.3 is 0 Å². The summed E-state index contributed by atoms with van der Waals surface area (Å²) in [7, 11) is 0.260. The highest BCUT2D eigenvalue weighted by Crippen LogP contribution is 2.39. The largest absolute Gasteiger partial charge is 0.381 e. The van der Waals surface area contributed by atoms with Crippen LogP contribution in [0.4, 0.5) is 5.69 Å². The van der Waals surface area contributed by atoms with Crippen molar-refractivity contribution in [3.05, 3.63) is 53.7 Å². The van der Waals surface area contributed by atoms with Crippen LogP contribution in [-0.4, -0.2) is 68.5 Å². The molecule has 2 aromatic rings. The molecule has 0 radical (unpaired) electrons. The van der Waals surface area contributed by atoms with Crippen LogP contribution in [0.5, 0.6) is 0 Å². The molecule has 0 unspecified atom stereocenters. The van der Waals surface area contributed by atoms with E-state index in [2.05, 4.69) is 5.32 Å². The van der Waals surface area contributed by atoms with E-state index in [1.165, 1.54) is 5.41 Å². The van der Waals surface area contributed by atoms with Gasteiger partial charge in [0.15, 0.2) is 0 Å².